The molecule has 0 amide bonds. The van der Waals surface area contributed by atoms with Crippen LogP contribution in [0.2, 0.25) is 0 Å². The monoisotopic (exact) mass is 365 g/mol. The minimum Gasteiger partial charge on any atom is -0.466 e. The van der Waals surface area contributed by atoms with Crippen LogP contribution >= 0.6 is 15.9 Å². The number of carbonyl (C=O) groups is 1. The molecule has 0 heterocycles. The van der Waals surface area contributed by atoms with Crippen LogP contribution in [0.3, 0.4) is 0 Å². The zero-order valence-corrected chi connectivity index (χ0v) is 13.5. The molecule has 1 atom stereocenters. The molecule has 4 nitrogen and oxygen atoms in total. The first-order chi connectivity index (χ1) is 9.84. The van der Waals surface area contributed by atoms with Gasteiger partial charge in [0, 0.05) is 10.0 Å². The van der Waals surface area contributed by atoms with Gasteiger partial charge in [-0.2, -0.15) is 8.78 Å². The van der Waals surface area contributed by atoms with Gasteiger partial charge in [-0.05, 0) is 25.5 Å². The number of hydrogen-bond acceptors (Lipinski definition) is 4. The van der Waals surface area contributed by atoms with Gasteiger partial charge in [-0.15, -0.1) is 0 Å². The zero-order chi connectivity index (χ0) is 16.0. The molecule has 0 aliphatic rings. The highest BCUT2D eigenvalue weighted by Gasteiger charge is 2.34. The second-order valence-electron chi connectivity index (χ2n) is 4.48. The van der Waals surface area contributed by atoms with E-state index in [-0.39, 0.29) is 18.8 Å². The Balaban J connectivity index is 3.22. The first-order valence-corrected chi connectivity index (χ1v) is 7.31. The van der Waals surface area contributed by atoms with Gasteiger partial charge >= 0.3 is 12.6 Å². The number of benzene rings is 1. The van der Waals surface area contributed by atoms with Gasteiger partial charge in [0.15, 0.2) is 0 Å². The van der Waals surface area contributed by atoms with Gasteiger partial charge < -0.3 is 15.2 Å². The summed E-state index contributed by atoms with van der Waals surface area (Å²) in [4.78, 5) is 11.7. The van der Waals surface area contributed by atoms with Crippen LogP contribution < -0.4 is 10.5 Å². The quantitative estimate of drug-likeness (QED) is 0.750. The molecule has 0 aliphatic carbocycles. The van der Waals surface area contributed by atoms with E-state index in [2.05, 4.69) is 20.7 Å². The largest absolute Gasteiger partial charge is 0.466 e. The Kier molecular flexibility index (Phi) is 6.54. The summed E-state index contributed by atoms with van der Waals surface area (Å²) in [6.07, 6.45) is 0.230. The normalized spacial score (nSPS) is 13.9. The summed E-state index contributed by atoms with van der Waals surface area (Å²) in [5.74, 6) is -0.534. The number of carbonyl (C=O) groups excluding carboxylic acids is 1. The van der Waals surface area contributed by atoms with Crippen LogP contribution in [0, 0.1) is 0 Å². The minimum absolute atomic E-state index is 0.0481. The lowest BCUT2D eigenvalue weighted by Gasteiger charge is -2.30. The number of halogens is 3. The summed E-state index contributed by atoms with van der Waals surface area (Å²) in [5.41, 5.74) is 5.45. The van der Waals surface area contributed by atoms with Crippen molar-refractivity contribution in [2.45, 2.75) is 38.8 Å². The van der Waals surface area contributed by atoms with Crippen LogP contribution in [0.1, 0.15) is 32.3 Å². The van der Waals surface area contributed by atoms with Gasteiger partial charge in [-0.25, -0.2) is 0 Å². The zero-order valence-electron chi connectivity index (χ0n) is 11.9. The molecule has 0 bridgehead atoms. The van der Waals surface area contributed by atoms with Gasteiger partial charge in [-0.1, -0.05) is 28.9 Å². The molecule has 0 spiro atoms. The molecule has 0 radical (unpaired) electrons. The van der Waals surface area contributed by atoms with Gasteiger partial charge in [0.05, 0.1) is 18.6 Å². The van der Waals surface area contributed by atoms with Crippen molar-refractivity contribution in [2.75, 3.05) is 6.61 Å². The van der Waals surface area contributed by atoms with E-state index in [1.807, 2.05) is 0 Å². The third-order valence-electron chi connectivity index (χ3n) is 3.09. The highest BCUT2D eigenvalue weighted by molar-refractivity contribution is 9.10. The number of esters is 1. The van der Waals surface area contributed by atoms with Crippen LogP contribution in [0.15, 0.2) is 22.7 Å². The van der Waals surface area contributed by atoms with Crippen molar-refractivity contribution >= 4 is 21.9 Å². The third kappa shape index (κ3) is 4.64. The molecule has 7 heteroatoms. The van der Waals surface area contributed by atoms with Gasteiger partial charge in [-0.3, -0.25) is 4.79 Å². The molecule has 1 rings (SSSR count). The molecular formula is C14H18BrF2NO3. The Bertz CT molecular complexity index is 499. The van der Waals surface area contributed by atoms with Crippen LogP contribution in [0.5, 0.6) is 5.75 Å². The Hall–Kier alpha value is -1.21. The molecule has 0 aliphatic heterocycles. The first-order valence-electron chi connectivity index (χ1n) is 6.52. The molecule has 2 N–H and O–H groups in total. The maximum atomic E-state index is 12.5. The van der Waals surface area contributed by atoms with E-state index in [0.29, 0.717) is 16.5 Å². The van der Waals surface area contributed by atoms with Gasteiger partial charge in [0.1, 0.15) is 5.75 Å². The van der Waals surface area contributed by atoms with Crippen LogP contribution in [0.25, 0.3) is 0 Å². The van der Waals surface area contributed by atoms with Gasteiger partial charge in [0.25, 0.3) is 0 Å². The van der Waals surface area contributed by atoms with Crippen molar-refractivity contribution < 1.29 is 23.0 Å². The van der Waals surface area contributed by atoms with Crippen molar-refractivity contribution in [3.8, 4) is 5.75 Å². The summed E-state index contributed by atoms with van der Waals surface area (Å²) in [5, 5.41) is 0. The number of hydrogen-bond donors (Lipinski definition) is 1. The SMILES string of the molecule is CCOC(=O)C[C@@](N)(CC)c1c(Br)cccc1OC(F)F. The predicted molar refractivity (Wildman–Crippen MR) is 78.2 cm³/mol. The summed E-state index contributed by atoms with van der Waals surface area (Å²) in [6.45, 7) is 0.716. The summed E-state index contributed by atoms with van der Waals surface area (Å²) < 4.78 is 35.0. The fourth-order valence-corrected chi connectivity index (χ4v) is 2.78. The molecule has 1 aromatic rings. The van der Waals surface area contributed by atoms with E-state index in [1.54, 1.807) is 26.0 Å². The second kappa shape index (κ2) is 7.70. The molecule has 21 heavy (non-hydrogen) atoms. The average Bonchev–Trinajstić information content (AvgIpc) is 2.38. The molecule has 0 unspecified atom stereocenters. The Labute approximate surface area is 130 Å². The van der Waals surface area contributed by atoms with E-state index < -0.39 is 18.1 Å². The van der Waals surface area contributed by atoms with Crippen LogP contribution in [-0.2, 0) is 15.1 Å². The van der Waals surface area contributed by atoms with Gasteiger partial charge in [0.2, 0.25) is 0 Å². The van der Waals surface area contributed by atoms with Crippen molar-refractivity contribution in [3.05, 3.63) is 28.2 Å². The smallest absolute Gasteiger partial charge is 0.387 e. The number of alkyl halides is 2. The molecular weight excluding hydrogens is 348 g/mol. The number of nitrogens with two attached hydrogens (primary N) is 1. The highest BCUT2D eigenvalue weighted by Crippen LogP contribution is 2.39. The van der Waals surface area contributed by atoms with E-state index >= 15 is 0 Å². The lowest BCUT2D eigenvalue weighted by molar-refractivity contribution is -0.144. The fourth-order valence-electron chi connectivity index (χ4n) is 2.04. The predicted octanol–water partition coefficient (Wildman–Crippen LogP) is 3.57. The number of rotatable bonds is 7. The average molecular weight is 366 g/mol. The lowest BCUT2D eigenvalue weighted by atomic mass is 9.84. The van der Waals surface area contributed by atoms with Crippen molar-refractivity contribution in [1.29, 1.82) is 0 Å². The van der Waals surface area contributed by atoms with Crippen LogP contribution in [0.4, 0.5) is 8.78 Å². The van der Waals surface area contributed by atoms with E-state index in [4.69, 9.17) is 10.5 Å². The van der Waals surface area contributed by atoms with E-state index in [9.17, 15) is 13.6 Å². The maximum absolute atomic E-state index is 12.5. The summed E-state index contributed by atoms with van der Waals surface area (Å²) >= 11 is 3.29. The maximum Gasteiger partial charge on any atom is 0.387 e. The van der Waals surface area contributed by atoms with E-state index in [1.165, 1.54) is 6.07 Å². The van der Waals surface area contributed by atoms with Crippen molar-refractivity contribution in [2.24, 2.45) is 5.73 Å². The summed E-state index contributed by atoms with van der Waals surface area (Å²) in [6, 6.07) is 4.62. The minimum atomic E-state index is -2.97. The highest BCUT2D eigenvalue weighted by atomic mass is 79.9. The molecule has 0 aromatic heterocycles. The van der Waals surface area contributed by atoms with E-state index in [0.717, 1.165) is 0 Å². The second-order valence-corrected chi connectivity index (χ2v) is 5.34. The Morgan fingerprint density at radius 1 is 1.43 bits per heavy atom. The third-order valence-corrected chi connectivity index (χ3v) is 3.75. The molecule has 0 saturated carbocycles. The molecule has 0 fully saturated rings. The lowest BCUT2D eigenvalue weighted by Crippen LogP contribution is -2.39. The summed E-state index contributed by atoms with van der Waals surface area (Å²) in [7, 11) is 0. The van der Waals surface area contributed by atoms with Crippen LogP contribution in [-0.4, -0.2) is 19.2 Å². The van der Waals surface area contributed by atoms with Crippen molar-refractivity contribution in [3.63, 3.8) is 0 Å². The topological polar surface area (TPSA) is 61.5 Å². The fraction of sp³-hybridized carbons (Fsp3) is 0.500. The molecule has 118 valence electrons. The Morgan fingerprint density at radius 3 is 2.62 bits per heavy atom. The number of ether oxygens (including phenoxy) is 2. The first kappa shape index (κ1) is 17.8. The molecule has 0 saturated heterocycles. The van der Waals surface area contributed by atoms with Crippen molar-refractivity contribution in [1.82, 2.24) is 0 Å². The Morgan fingerprint density at radius 2 is 2.10 bits per heavy atom. The standard InChI is InChI=1S/C14H18BrF2NO3/c1-3-14(18,8-11(19)20-4-2)12-9(15)6-5-7-10(12)21-13(16)17/h5-7,13H,3-4,8,18H2,1-2H3/t14-/m0/s1. The molecule has 1 aromatic carbocycles.